The highest BCUT2D eigenvalue weighted by molar-refractivity contribution is 9.10. The molecule has 86 valence electrons. The van der Waals surface area contributed by atoms with E-state index >= 15 is 0 Å². The zero-order valence-corrected chi connectivity index (χ0v) is 10.6. The number of amides is 2. The van der Waals surface area contributed by atoms with Crippen LogP contribution in [0.2, 0.25) is 0 Å². The number of carbonyl (C=O) groups excluding carboxylic acids is 1. The number of anilines is 1. The van der Waals surface area contributed by atoms with E-state index in [1.165, 1.54) is 12.8 Å². The molecule has 0 saturated heterocycles. The van der Waals surface area contributed by atoms with Crippen molar-refractivity contribution in [2.24, 2.45) is 5.92 Å². The molecule has 2 N–H and O–H groups in total. The summed E-state index contributed by atoms with van der Waals surface area (Å²) in [4.78, 5) is 15.7. The third kappa shape index (κ3) is 3.20. The minimum absolute atomic E-state index is 0.190. The van der Waals surface area contributed by atoms with E-state index in [0.717, 1.165) is 0 Å². The second-order valence-electron chi connectivity index (χ2n) is 4.07. The van der Waals surface area contributed by atoms with E-state index in [4.69, 9.17) is 0 Å². The predicted octanol–water partition coefficient (Wildman–Crippen LogP) is 2.76. The Morgan fingerprint density at radius 3 is 2.94 bits per heavy atom. The van der Waals surface area contributed by atoms with Crippen molar-refractivity contribution in [1.82, 2.24) is 10.3 Å². The van der Waals surface area contributed by atoms with Gasteiger partial charge in [0.15, 0.2) is 0 Å². The van der Waals surface area contributed by atoms with Crippen molar-refractivity contribution in [3.05, 3.63) is 22.8 Å². The van der Waals surface area contributed by atoms with Crippen LogP contribution in [-0.4, -0.2) is 17.1 Å². The van der Waals surface area contributed by atoms with Crippen LogP contribution in [0.3, 0.4) is 0 Å². The molecule has 0 aromatic carbocycles. The van der Waals surface area contributed by atoms with Gasteiger partial charge in [-0.15, -0.1) is 0 Å². The third-order valence-corrected chi connectivity index (χ3v) is 3.09. The number of urea groups is 1. The third-order valence-electron chi connectivity index (χ3n) is 2.64. The standard InChI is InChI=1S/C11H14BrN3O/c1-7(8-5-6-8)13-11(16)15-10-4-2-3-9(12)14-10/h2-4,7-8H,5-6H2,1H3,(H2,13,14,15,16)/t7-/m0/s1. The van der Waals surface area contributed by atoms with Gasteiger partial charge in [0, 0.05) is 6.04 Å². The van der Waals surface area contributed by atoms with E-state index in [0.29, 0.717) is 16.3 Å². The van der Waals surface area contributed by atoms with Crippen LogP contribution < -0.4 is 10.6 Å². The highest BCUT2D eigenvalue weighted by atomic mass is 79.9. The van der Waals surface area contributed by atoms with Crippen LogP contribution in [0.15, 0.2) is 22.8 Å². The lowest BCUT2D eigenvalue weighted by molar-refractivity contribution is 0.248. The maximum absolute atomic E-state index is 11.6. The fourth-order valence-corrected chi connectivity index (χ4v) is 1.89. The summed E-state index contributed by atoms with van der Waals surface area (Å²) < 4.78 is 0.709. The van der Waals surface area contributed by atoms with Crippen molar-refractivity contribution >= 4 is 27.8 Å². The minimum atomic E-state index is -0.190. The molecule has 5 heteroatoms. The van der Waals surface area contributed by atoms with Gasteiger partial charge in [-0.1, -0.05) is 6.07 Å². The first-order valence-corrected chi connectivity index (χ1v) is 6.14. The Bertz CT molecular complexity index is 393. The number of hydrogen-bond donors (Lipinski definition) is 2. The average molecular weight is 284 g/mol. The Hall–Kier alpha value is -1.10. The van der Waals surface area contributed by atoms with Crippen LogP contribution >= 0.6 is 15.9 Å². The van der Waals surface area contributed by atoms with Crippen molar-refractivity contribution < 1.29 is 4.79 Å². The van der Waals surface area contributed by atoms with Crippen LogP contribution in [0.4, 0.5) is 10.6 Å². The smallest absolute Gasteiger partial charge is 0.320 e. The van der Waals surface area contributed by atoms with Gasteiger partial charge in [-0.05, 0) is 53.7 Å². The lowest BCUT2D eigenvalue weighted by Crippen LogP contribution is -2.37. The highest BCUT2D eigenvalue weighted by Crippen LogP contribution is 2.32. The molecule has 1 atom stereocenters. The second kappa shape index (κ2) is 4.82. The van der Waals surface area contributed by atoms with Crippen molar-refractivity contribution in [1.29, 1.82) is 0 Å². The maximum atomic E-state index is 11.6. The van der Waals surface area contributed by atoms with Gasteiger partial charge in [0.1, 0.15) is 10.4 Å². The zero-order chi connectivity index (χ0) is 11.5. The number of carbonyl (C=O) groups is 1. The summed E-state index contributed by atoms with van der Waals surface area (Å²) in [7, 11) is 0. The Labute approximate surface area is 103 Å². The van der Waals surface area contributed by atoms with E-state index in [1.807, 2.05) is 19.1 Å². The van der Waals surface area contributed by atoms with Gasteiger partial charge in [0.25, 0.3) is 0 Å². The van der Waals surface area contributed by atoms with Gasteiger partial charge >= 0.3 is 6.03 Å². The first kappa shape index (κ1) is 11.4. The maximum Gasteiger partial charge on any atom is 0.320 e. The fourth-order valence-electron chi connectivity index (χ4n) is 1.55. The van der Waals surface area contributed by atoms with E-state index in [1.54, 1.807) is 6.07 Å². The highest BCUT2D eigenvalue weighted by Gasteiger charge is 2.28. The largest absolute Gasteiger partial charge is 0.335 e. The Balaban J connectivity index is 1.86. The summed E-state index contributed by atoms with van der Waals surface area (Å²) >= 11 is 3.25. The van der Waals surface area contributed by atoms with Gasteiger partial charge < -0.3 is 5.32 Å². The fraction of sp³-hybridized carbons (Fsp3) is 0.455. The normalized spacial score (nSPS) is 16.6. The van der Waals surface area contributed by atoms with Gasteiger partial charge in [-0.3, -0.25) is 5.32 Å². The molecule has 1 fully saturated rings. The van der Waals surface area contributed by atoms with Crippen LogP contribution in [0.5, 0.6) is 0 Å². The molecule has 1 aliphatic carbocycles. The van der Waals surface area contributed by atoms with Crippen molar-refractivity contribution in [3.8, 4) is 0 Å². The molecule has 1 heterocycles. The summed E-state index contributed by atoms with van der Waals surface area (Å²) in [5, 5.41) is 5.61. The molecule has 1 aliphatic rings. The SMILES string of the molecule is C[C@H](NC(=O)Nc1cccc(Br)n1)C1CC1. The molecule has 1 aromatic rings. The molecule has 0 unspecified atom stereocenters. The molecule has 0 spiro atoms. The predicted molar refractivity (Wildman–Crippen MR) is 66.3 cm³/mol. The topological polar surface area (TPSA) is 54.0 Å². The summed E-state index contributed by atoms with van der Waals surface area (Å²) in [5.41, 5.74) is 0. The molecule has 16 heavy (non-hydrogen) atoms. The molecule has 2 rings (SSSR count). The van der Waals surface area contributed by atoms with Crippen LogP contribution in [-0.2, 0) is 0 Å². The molecule has 2 amide bonds. The lowest BCUT2D eigenvalue weighted by Gasteiger charge is -2.13. The van der Waals surface area contributed by atoms with E-state index in [9.17, 15) is 4.79 Å². The van der Waals surface area contributed by atoms with Gasteiger partial charge in [-0.25, -0.2) is 9.78 Å². The average Bonchev–Trinajstić information content (AvgIpc) is 2.99. The molecular formula is C11H14BrN3O. The number of rotatable bonds is 3. The van der Waals surface area contributed by atoms with Gasteiger partial charge in [0.05, 0.1) is 0 Å². The Morgan fingerprint density at radius 2 is 2.31 bits per heavy atom. The van der Waals surface area contributed by atoms with Crippen molar-refractivity contribution in [2.75, 3.05) is 5.32 Å². The van der Waals surface area contributed by atoms with Crippen molar-refractivity contribution in [3.63, 3.8) is 0 Å². The molecule has 4 nitrogen and oxygen atoms in total. The molecule has 1 aromatic heterocycles. The minimum Gasteiger partial charge on any atom is -0.335 e. The van der Waals surface area contributed by atoms with E-state index in [2.05, 4.69) is 31.5 Å². The molecule has 1 saturated carbocycles. The van der Waals surface area contributed by atoms with Crippen LogP contribution in [0.1, 0.15) is 19.8 Å². The number of aromatic nitrogens is 1. The monoisotopic (exact) mass is 283 g/mol. The summed E-state index contributed by atoms with van der Waals surface area (Å²) in [6.45, 7) is 2.03. The lowest BCUT2D eigenvalue weighted by atomic mass is 10.2. The first-order chi connectivity index (χ1) is 7.65. The van der Waals surface area contributed by atoms with Crippen LogP contribution in [0.25, 0.3) is 0 Å². The van der Waals surface area contributed by atoms with Gasteiger partial charge in [0.2, 0.25) is 0 Å². The van der Waals surface area contributed by atoms with E-state index in [-0.39, 0.29) is 12.1 Å². The molecular weight excluding hydrogens is 270 g/mol. The molecule has 0 aliphatic heterocycles. The number of nitrogens with one attached hydrogen (secondary N) is 2. The number of hydrogen-bond acceptors (Lipinski definition) is 2. The molecule has 0 bridgehead atoms. The Morgan fingerprint density at radius 1 is 1.56 bits per heavy atom. The molecule has 0 radical (unpaired) electrons. The Kier molecular flexibility index (Phi) is 3.43. The summed E-state index contributed by atoms with van der Waals surface area (Å²) in [5.74, 6) is 1.20. The van der Waals surface area contributed by atoms with Gasteiger partial charge in [-0.2, -0.15) is 0 Å². The number of nitrogens with zero attached hydrogens (tertiary/aromatic N) is 1. The zero-order valence-electron chi connectivity index (χ0n) is 9.03. The number of pyridine rings is 1. The quantitative estimate of drug-likeness (QED) is 0.838. The summed E-state index contributed by atoms with van der Waals surface area (Å²) in [6, 6.07) is 5.45. The van der Waals surface area contributed by atoms with Crippen LogP contribution in [0, 0.1) is 5.92 Å². The second-order valence-corrected chi connectivity index (χ2v) is 4.88. The first-order valence-electron chi connectivity index (χ1n) is 5.35. The van der Waals surface area contributed by atoms with E-state index < -0.39 is 0 Å². The number of halogens is 1. The van der Waals surface area contributed by atoms with Crippen molar-refractivity contribution in [2.45, 2.75) is 25.8 Å². The summed E-state index contributed by atoms with van der Waals surface area (Å²) in [6.07, 6.45) is 2.44.